The maximum absolute atomic E-state index is 9.64. The number of rotatable bonds is 3. The number of hydrogen-bond acceptors (Lipinski definition) is 6. The van der Waals surface area contributed by atoms with Gasteiger partial charge in [-0.1, -0.05) is 6.58 Å². The zero-order valence-electron chi connectivity index (χ0n) is 8.10. The molecule has 66 valence electrons. The summed E-state index contributed by atoms with van der Waals surface area (Å²) in [6, 6.07) is 0. The van der Waals surface area contributed by atoms with Crippen molar-refractivity contribution in [1.82, 2.24) is 0 Å². The van der Waals surface area contributed by atoms with Crippen molar-refractivity contribution in [3.05, 3.63) is 12.3 Å². The van der Waals surface area contributed by atoms with Crippen molar-refractivity contribution in [1.29, 1.82) is 0 Å². The Morgan fingerprint density at radius 3 is 1.57 bits per heavy atom. The van der Waals surface area contributed by atoms with Gasteiger partial charge >= 0.3 is 88.7 Å². The minimum absolute atomic E-state index is 0. The Labute approximate surface area is 147 Å². The first-order valence-electron chi connectivity index (χ1n) is 1.95. The third-order valence-electron chi connectivity index (χ3n) is 0.450. The third kappa shape index (κ3) is 19.7. The zero-order valence-corrected chi connectivity index (χ0v) is 15.0. The molecule has 0 spiro atoms. The van der Waals surface area contributed by atoms with Crippen molar-refractivity contribution in [2.45, 2.75) is 0 Å². The average Bonchev–Trinajstić information content (AvgIpc) is 1.60. The molecule has 0 amide bonds. The van der Waals surface area contributed by atoms with Gasteiger partial charge in [-0.3, -0.25) is 0 Å². The van der Waals surface area contributed by atoms with Crippen LogP contribution < -0.4 is 104 Å². The van der Waals surface area contributed by atoms with Crippen LogP contribution in [0.1, 0.15) is 0 Å². The molecule has 0 aliphatic rings. The number of carboxylic acids is 1. The molecule has 0 aromatic heterocycles. The van der Waals surface area contributed by atoms with E-state index in [4.69, 9.17) is 0 Å². The van der Waals surface area contributed by atoms with E-state index in [0.717, 1.165) is 0 Å². The van der Waals surface area contributed by atoms with Gasteiger partial charge in [0.2, 0.25) is 0 Å². The molecule has 0 unspecified atom stereocenters. The first kappa shape index (κ1) is 29.8. The second-order valence-electron chi connectivity index (χ2n) is 1.25. The van der Waals surface area contributed by atoms with E-state index in [-0.39, 0.29) is 94.1 Å². The topological polar surface area (TPSA) is 144 Å². The minimum Gasteiger partial charge on any atom is -0.780 e. The predicted octanol–water partition coefficient (Wildman–Crippen LogP) is -12.7. The van der Waals surface area contributed by atoms with E-state index in [2.05, 4.69) is 11.1 Å². The Morgan fingerprint density at radius 1 is 1.21 bits per heavy atom. The van der Waals surface area contributed by atoms with E-state index < -0.39 is 19.6 Å². The molecule has 7 nitrogen and oxygen atoms in total. The summed E-state index contributed by atoms with van der Waals surface area (Å²) in [6.07, 6.45) is 0. The van der Waals surface area contributed by atoms with E-state index in [1.165, 1.54) is 0 Å². The molecule has 0 atom stereocenters. The van der Waals surface area contributed by atoms with Crippen molar-refractivity contribution >= 4 is 13.8 Å². The summed E-state index contributed by atoms with van der Waals surface area (Å²) in [4.78, 5) is 28.9. The summed E-state index contributed by atoms with van der Waals surface area (Å²) in [7, 11) is -5.30. The molecule has 0 aromatic rings. The second kappa shape index (κ2) is 13.2. The van der Waals surface area contributed by atoms with Crippen LogP contribution in [0.4, 0.5) is 0 Å². The third-order valence-corrected chi connectivity index (χ3v) is 0.894. The monoisotopic (exact) mass is 252 g/mol. The van der Waals surface area contributed by atoms with Crippen LogP contribution in [0.5, 0.6) is 0 Å². The van der Waals surface area contributed by atoms with Gasteiger partial charge in [0.15, 0.2) is 0 Å². The molecular weight excluding hydrogens is 248 g/mol. The van der Waals surface area contributed by atoms with Crippen molar-refractivity contribution < 1.29 is 123 Å². The van der Waals surface area contributed by atoms with E-state index >= 15 is 0 Å². The normalized spacial score (nSPS) is 7.57. The van der Waals surface area contributed by atoms with Crippen molar-refractivity contribution in [3.8, 4) is 0 Å². The SMILES string of the molecule is C=C(OP(=O)([O-])[O-])C(=O)[O-].O.[Na+].[Na+].[Na+]. The average molecular weight is 252 g/mol. The molecule has 0 fully saturated rings. The van der Waals surface area contributed by atoms with Gasteiger partial charge in [-0.25, -0.2) is 0 Å². The maximum Gasteiger partial charge on any atom is 1.00 e. The number of phosphoric ester groups is 1. The van der Waals surface area contributed by atoms with E-state index in [1.54, 1.807) is 0 Å². The Balaban J connectivity index is -0.0000000675. The van der Waals surface area contributed by atoms with Gasteiger partial charge in [0, 0.05) is 0 Å². The molecule has 0 saturated carbocycles. The van der Waals surface area contributed by atoms with E-state index in [0.29, 0.717) is 0 Å². The molecule has 11 heteroatoms. The van der Waals surface area contributed by atoms with Crippen LogP contribution in [-0.4, -0.2) is 11.4 Å². The summed E-state index contributed by atoms with van der Waals surface area (Å²) in [6.45, 7) is 2.58. The molecule has 2 N–H and O–H groups in total. The van der Waals surface area contributed by atoms with Crippen LogP contribution in [0.25, 0.3) is 0 Å². The Kier molecular flexibility index (Phi) is 28.1. The van der Waals surface area contributed by atoms with Crippen molar-refractivity contribution in [2.24, 2.45) is 0 Å². The smallest absolute Gasteiger partial charge is 0.780 e. The van der Waals surface area contributed by atoms with Gasteiger partial charge in [0.25, 0.3) is 0 Å². The Morgan fingerprint density at radius 2 is 1.50 bits per heavy atom. The fraction of sp³-hybridized carbons (Fsp3) is 0. The summed E-state index contributed by atoms with van der Waals surface area (Å²) < 4.78 is 12.9. The van der Waals surface area contributed by atoms with Crippen LogP contribution in [0, 0.1) is 0 Å². The Hall–Kier alpha value is 2.12. The van der Waals surface area contributed by atoms with Crippen LogP contribution in [-0.2, 0) is 13.9 Å². The Bertz CT molecular complexity index is 212. The largest absolute Gasteiger partial charge is 1.00 e. The summed E-state index contributed by atoms with van der Waals surface area (Å²) in [5.41, 5.74) is 0. The molecule has 0 aliphatic carbocycles. The summed E-state index contributed by atoms with van der Waals surface area (Å²) >= 11 is 0. The van der Waals surface area contributed by atoms with E-state index in [1.807, 2.05) is 0 Å². The molecule has 0 aromatic carbocycles. The fourth-order valence-corrected chi connectivity index (χ4v) is 0.517. The molecule has 0 aliphatic heterocycles. The van der Waals surface area contributed by atoms with Gasteiger partial charge in [-0.2, -0.15) is 0 Å². The molecule has 0 heterocycles. The molecule has 0 saturated heterocycles. The van der Waals surface area contributed by atoms with Gasteiger partial charge in [-0.05, 0) is 0 Å². The van der Waals surface area contributed by atoms with Crippen LogP contribution >= 0.6 is 7.82 Å². The number of aliphatic carboxylic acids is 1. The fourth-order valence-electron chi connectivity index (χ4n) is 0.172. The first-order valence-corrected chi connectivity index (χ1v) is 3.41. The quantitative estimate of drug-likeness (QED) is 0.211. The molecule has 0 rings (SSSR count). The number of carbonyl (C=O) groups is 1. The zero-order chi connectivity index (χ0) is 8.36. The van der Waals surface area contributed by atoms with Gasteiger partial charge < -0.3 is 34.3 Å². The first-order chi connectivity index (χ1) is 4.33. The molecular formula is C3H4Na3O7P. The second-order valence-corrected chi connectivity index (χ2v) is 2.33. The van der Waals surface area contributed by atoms with Crippen LogP contribution in [0.15, 0.2) is 12.3 Å². The minimum atomic E-state index is -5.30. The van der Waals surface area contributed by atoms with Crippen molar-refractivity contribution in [2.75, 3.05) is 0 Å². The number of carbonyl (C=O) groups excluding carboxylic acids is 1. The van der Waals surface area contributed by atoms with Crippen molar-refractivity contribution in [3.63, 3.8) is 0 Å². The molecule has 14 heavy (non-hydrogen) atoms. The van der Waals surface area contributed by atoms with Gasteiger partial charge in [-0.15, -0.1) is 0 Å². The molecule has 0 bridgehead atoms. The van der Waals surface area contributed by atoms with Gasteiger partial charge in [0.1, 0.15) is 19.6 Å². The maximum atomic E-state index is 9.64. The van der Waals surface area contributed by atoms with Crippen LogP contribution in [0.3, 0.4) is 0 Å². The van der Waals surface area contributed by atoms with Gasteiger partial charge in [0.05, 0.1) is 0 Å². The predicted molar refractivity (Wildman–Crippen MR) is 26.5 cm³/mol. The number of hydrogen-bond donors (Lipinski definition) is 0. The molecule has 0 radical (unpaired) electrons. The standard InChI is InChI=1S/C3H5O6P.3Na.H2O/c1-2(3(4)5)9-10(6,7)8;;;;/h1H2,(H,4,5)(H2,6,7,8);;;;1H2/q;3*+1;/p-3. The number of carboxylic acid groups (broad SMARTS) is 1. The van der Waals surface area contributed by atoms with Crippen LogP contribution in [0.2, 0.25) is 0 Å². The summed E-state index contributed by atoms with van der Waals surface area (Å²) in [5.74, 6) is -3.15. The summed E-state index contributed by atoms with van der Waals surface area (Å²) in [5, 5.41) is 9.64. The van der Waals surface area contributed by atoms with E-state index in [9.17, 15) is 24.3 Å². The number of phosphoric acid groups is 1.